The minimum absolute atomic E-state index is 0. The van der Waals surface area contributed by atoms with E-state index in [0.29, 0.717) is 0 Å². The smallest absolute Gasteiger partial charge is 0.225 e. The topological polar surface area (TPSA) is 86.6 Å². The maximum Gasteiger partial charge on any atom is 0.225 e. The summed E-state index contributed by atoms with van der Waals surface area (Å²) in [5.41, 5.74) is 1.57. The number of amides is 1. The van der Waals surface area contributed by atoms with Gasteiger partial charge in [-0.25, -0.2) is 4.31 Å². The van der Waals surface area contributed by atoms with Crippen LogP contribution in [0.4, 0.5) is 0 Å². The zero-order valence-corrected chi connectivity index (χ0v) is 16.2. The second kappa shape index (κ2) is 9.42. The molecule has 0 saturated carbocycles. The Kier molecular flexibility index (Phi) is 8.99. The number of carbonyl (C=O) groups excluding carboxylic acids is 1. The number of hydrogen-bond donors (Lipinski definition) is 0. The highest BCUT2D eigenvalue weighted by Gasteiger charge is 2.23. The Morgan fingerprint density at radius 2 is 1.50 bits per heavy atom. The SMILES string of the molecule is CC(C)C(=O)N1CCN(Sc2ccc(C(C)(C)C)cc2)CC1.O.O. The molecule has 0 atom stereocenters. The van der Waals surface area contributed by atoms with Crippen molar-refractivity contribution in [2.24, 2.45) is 5.92 Å². The van der Waals surface area contributed by atoms with Gasteiger partial charge in [-0.3, -0.25) is 4.79 Å². The molecule has 0 unspecified atom stereocenters. The number of benzene rings is 1. The van der Waals surface area contributed by atoms with E-state index in [1.54, 1.807) is 11.9 Å². The molecule has 1 aromatic carbocycles. The van der Waals surface area contributed by atoms with Gasteiger partial charge in [0.1, 0.15) is 0 Å². The van der Waals surface area contributed by atoms with Crippen molar-refractivity contribution in [3.63, 3.8) is 0 Å². The fourth-order valence-electron chi connectivity index (χ4n) is 2.53. The molecule has 5 nitrogen and oxygen atoms in total. The van der Waals surface area contributed by atoms with E-state index in [9.17, 15) is 4.79 Å². The average molecular weight is 357 g/mol. The van der Waals surface area contributed by atoms with E-state index in [-0.39, 0.29) is 28.2 Å². The van der Waals surface area contributed by atoms with E-state index in [2.05, 4.69) is 49.3 Å². The Labute approximate surface area is 150 Å². The van der Waals surface area contributed by atoms with Crippen molar-refractivity contribution in [2.75, 3.05) is 26.2 Å². The molecule has 0 radical (unpaired) electrons. The van der Waals surface area contributed by atoms with Crippen molar-refractivity contribution in [3.8, 4) is 0 Å². The second-order valence-electron chi connectivity index (χ2n) is 7.27. The predicted molar refractivity (Wildman–Crippen MR) is 101 cm³/mol. The zero-order valence-electron chi connectivity index (χ0n) is 15.4. The second-order valence-corrected chi connectivity index (χ2v) is 8.45. The fourth-order valence-corrected chi connectivity index (χ4v) is 3.43. The van der Waals surface area contributed by atoms with E-state index < -0.39 is 0 Å². The van der Waals surface area contributed by atoms with Crippen LogP contribution in [0, 0.1) is 5.92 Å². The standard InChI is InChI=1S/C18H28N2OS.2H2O/c1-14(2)17(21)19-10-12-20(13-11-19)22-16-8-6-15(7-9-16)18(3,4)5;;/h6-9,14H,10-13H2,1-5H3;2*1H2. The minimum Gasteiger partial charge on any atom is -0.412 e. The van der Waals surface area contributed by atoms with Crippen LogP contribution in [0.3, 0.4) is 0 Å². The Morgan fingerprint density at radius 3 is 1.92 bits per heavy atom. The average Bonchev–Trinajstić information content (AvgIpc) is 2.47. The van der Waals surface area contributed by atoms with E-state index in [1.165, 1.54) is 10.5 Å². The van der Waals surface area contributed by atoms with Crippen LogP contribution < -0.4 is 0 Å². The summed E-state index contributed by atoms with van der Waals surface area (Å²) in [6, 6.07) is 8.86. The first-order chi connectivity index (χ1) is 10.3. The Morgan fingerprint density at radius 1 is 1.00 bits per heavy atom. The molecule has 0 aromatic heterocycles. The molecule has 24 heavy (non-hydrogen) atoms. The van der Waals surface area contributed by atoms with Crippen molar-refractivity contribution >= 4 is 17.9 Å². The maximum absolute atomic E-state index is 12.0. The monoisotopic (exact) mass is 356 g/mol. The molecule has 1 saturated heterocycles. The van der Waals surface area contributed by atoms with Crippen LogP contribution in [-0.2, 0) is 10.2 Å². The lowest BCUT2D eigenvalue weighted by Gasteiger charge is -2.34. The van der Waals surface area contributed by atoms with Crippen LogP contribution in [0.15, 0.2) is 29.2 Å². The van der Waals surface area contributed by atoms with Crippen LogP contribution >= 0.6 is 11.9 Å². The summed E-state index contributed by atoms with van der Waals surface area (Å²) in [6.07, 6.45) is 0. The van der Waals surface area contributed by atoms with Crippen LogP contribution in [0.5, 0.6) is 0 Å². The predicted octanol–water partition coefficient (Wildman–Crippen LogP) is 2.14. The van der Waals surface area contributed by atoms with Gasteiger partial charge in [0.05, 0.1) is 0 Å². The molecule has 1 aliphatic heterocycles. The number of rotatable bonds is 3. The Balaban J connectivity index is 0.00000264. The highest BCUT2D eigenvalue weighted by atomic mass is 32.2. The number of nitrogens with zero attached hydrogens (tertiary/aromatic N) is 2. The van der Waals surface area contributed by atoms with E-state index in [0.717, 1.165) is 26.2 Å². The van der Waals surface area contributed by atoms with Crippen LogP contribution in [0.2, 0.25) is 0 Å². The quantitative estimate of drug-likeness (QED) is 0.778. The summed E-state index contributed by atoms with van der Waals surface area (Å²) >= 11 is 1.80. The van der Waals surface area contributed by atoms with Crippen molar-refractivity contribution in [2.45, 2.75) is 44.9 Å². The molecule has 2 rings (SSSR count). The fraction of sp³-hybridized carbons (Fsp3) is 0.611. The van der Waals surface area contributed by atoms with Crippen LogP contribution in [-0.4, -0.2) is 52.2 Å². The summed E-state index contributed by atoms with van der Waals surface area (Å²) in [7, 11) is 0. The van der Waals surface area contributed by atoms with Gasteiger partial charge >= 0.3 is 0 Å². The van der Waals surface area contributed by atoms with Crippen molar-refractivity contribution in [1.29, 1.82) is 0 Å². The molecule has 0 bridgehead atoms. The molecular formula is C18H32N2O3S. The highest BCUT2D eigenvalue weighted by molar-refractivity contribution is 7.97. The van der Waals surface area contributed by atoms with Gasteiger partial charge in [-0.2, -0.15) is 0 Å². The lowest BCUT2D eigenvalue weighted by Crippen LogP contribution is -2.47. The number of carbonyl (C=O) groups is 1. The molecular weight excluding hydrogens is 324 g/mol. The number of hydrogen-bond acceptors (Lipinski definition) is 3. The van der Waals surface area contributed by atoms with Gasteiger partial charge < -0.3 is 15.9 Å². The van der Waals surface area contributed by atoms with Crippen molar-refractivity contribution in [3.05, 3.63) is 29.8 Å². The Hall–Kier alpha value is -1.08. The lowest BCUT2D eigenvalue weighted by molar-refractivity contribution is -0.135. The van der Waals surface area contributed by atoms with Gasteiger partial charge in [0.15, 0.2) is 0 Å². The van der Waals surface area contributed by atoms with Gasteiger partial charge in [-0.1, -0.05) is 46.8 Å². The molecule has 1 aromatic rings. The van der Waals surface area contributed by atoms with E-state index >= 15 is 0 Å². The highest BCUT2D eigenvalue weighted by Crippen LogP contribution is 2.28. The van der Waals surface area contributed by atoms with E-state index in [1.807, 2.05) is 18.7 Å². The molecule has 1 fully saturated rings. The van der Waals surface area contributed by atoms with Crippen molar-refractivity contribution in [1.82, 2.24) is 9.21 Å². The van der Waals surface area contributed by atoms with Crippen LogP contribution in [0.1, 0.15) is 40.2 Å². The molecule has 138 valence electrons. The van der Waals surface area contributed by atoms with Gasteiger partial charge in [-0.15, -0.1) is 0 Å². The van der Waals surface area contributed by atoms with Gasteiger partial charge in [-0.05, 0) is 35.1 Å². The maximum atomic E-state index is 12.0. The summed E-state index contributed by atoms with van der Waals surface area (Å²) in [4.78, 5) is 15.3. The van der Waals surface area contributed by atoms with Crippen LogP contribution in [0.25, 0.3) is 0 Å². The molecule has 6 heteroatoms. The summed E-state index contributed by atoms with van der Waals surface area (Å²) in [5.74, 6) is 0.378. The number of piperazine rings is 1. The first kappa shape index (κ1) is 22.9. The Bertz CT molecular complexity index is 504. The largest absolute Gasteiger partial charge is 0.412 e. The first-order valence-corrected chi connectivity index (χ1v) is 8.87. The molecule has 1 aliphatic rings. The van der Waals surface area contributed by atoms with Gasteiger partial charge in [0.25, 0.3) is 0 Å². The zero-order chi connectivity index (χ0) is 16.3. The lowest BCUT2D eigenvalue weighted by atomic mass is 9.87. The third-order valence-corrected chi connectivity index (χ3v) is 5.11. The third-order valence-electron chi connectivity index (χ3n) is 4.00. The molecule has 0 aliphatic carbocycles. The molecule has 1 heterocycles. The molecule has 4 N–H and O–H groups in total. The summed E-state index contributed by atoms with van der Waals surface area (Å²) in [6.45, 7) is 14.2. The first-order valence-electron chi connectivity index (χ1n) is 8.09. The molecule has 1 amide bonds. The summed E-state index contributed by atoms with van der Waals surface area (Å²) < 4.78 is 2.36. The third kappa shape index (κ3) is 6.09. The minimum atomic E-state index is 0. The normalized spacial score (nSPS) is 15.7. The van der Waals surface area contributed by atoms with E-state index in [4.69, 9.17) is 0 Å². The van der Waals surface area contributed by atoms with Gasteiger partial charge in [0.2, 0.25) is 5.91 Å². The molecule has 0 spiro atoms. The van der Waals surface area contributed by atoms with Crippen molar-refractivity contribution < 1.29 is 15.7 Å². The van der Waals surface area contributed by atoms with Gasteiger partial charge in [0, 0.05) is 37.0 Å². The summed E-state index contributed by atoms with van der Waals surface area (Å²) in [5, 5.41) is 0.